The molecular formula is C22H24Cl2N2O4S2. The molecule has 3 rings (SSSR count). The van der Waals surface area contributed by atoms with E-state index in [0.717, 1.165) is 10.3 Å². The van der Waals surface area contributed by atoms with Crippen LogP contribution in [0.1, 0.15) is 25.3 Å². The quantitative estimate of drug-likeness (QED) is 0.375. The zero-order valence-electron chi connectivity index (χ0n) is 17.8. The lowest BCUT2D eigenvalue weighted by Crippen LogP contribution is -2.20. The maximum absolute atomic E-state index is 12.5. The fraction of sp³-hybridized carbons (Fsp3) is 0.364. The van der Waals surface area contributed by atoms with Crippen LogP contribution in [0.5, 0.6) is 0 Å². The Morgan fingerprint density at radius 1 is 1.12 bits per heavy atom. The summed E-state index contributed by atoms with van der Waals surface area (Å²) in [5.74, 6) is -0.515. The number of halogens is 2. The third kappa shape index (κ3) is 5.99. The largest absolute Gasteiger partial charge is 0.380 e. The highest BCUT2D eigenvalue weighted by Crippen LogP contribution is 2.31. The van der Waals surface area contributed by atoms with Gasteiger partial charge in [0.1, 0.15) is 0 Å². The van der Waals surface area contributed by atoms with Gasteiger partial charge in [0, 0.05) is 19.6 Å². The summed E-state index contributed by atoms with van der Waals surface area (Å²) < 4.78 is 33.0. The molecule has 0 unspecified atom stereocenters. The summed E-state index contributed by atoms with van der Waals surface area (Å²) in [7, 11) is -3.45. The molecule has 0 aliphatic rings. The standard InChI is InChI=1S/C22H24Cl2N2O4S2/c1-3-30-13-12-26-20-17(23)10-11-18(24)21(20)31-22(26)25-19(27)5-4-14-32(28,29)16-8-6-15(2)7-9-16/h6-11H,3-5,12-14H2,1-2H3. The summed E-state index contributed by atoms with van der Waals surface area (Å²) >= 11 is 14.0. The Hall–Kier alpha value is -1.71. The minimum absolute atomic E-state index is 0.0201. The van der Waals surface area contributed by atoms with Gasteiger partial charge in [0.2, 0.25) is 5.91 Å². The first-order chi connectivity index (χ1) is 15.2. The molecule has 32 heavy (non-hydrogen) atoms. The fourth-order valence-electron chi connectivity index (χ4n) is 3.14. The van der Waals surface area contributed by atoms with Gasteiger partial charge in [-0.2, -0.15) is 4.99 Å². The van der Waals surface area contributed by atoms with E-state index in [1.807, 2.05) is 18.4 Å². The van der Waals surface area contributed by atoms with Crippen LogP contribution in [0, 0.1) is 6.92 Å². The highest BCUT2D eigenvalue weighted by Gasteiger charge is 2.16. The molecule has 6 nitrogen and oxygen atoms in total. The molecule has 0 bridgehead atoms. The number of amides is 1. The maximum atomic E-state index is 12.5. The van der Waals surface area contributed by atoms with Crippen molar-refractivity contribution in [3.8, 4) is 0 Å². The highest BCUT2D eigenvalue weighted by atomic mass is 35.5. The van der Waals surface area contributed by atoms with Crippen molar-refractivity contribution in [1.82, 2.24) is 4.57 Å². The molecule has 1 amide bonds. The normalized spacial score (nSPS) is 12.6. The lowest BCUT2D eigenvalue weighted by molar-refractivity contribution is -0.118. The van der Waals surface area contributed by atoms with Crippen molar-refractivity contribution in [2.75, 3.05) is 19.0 Å². The number of hydrogen-bond acceptors (Lipinski definition) is 5. The summed E-state index contributed by atoms with van der Waals surface area (Å²) in [6.07, 6.45) is 0.205. The lowest BCUT2D eigenvalue weighted by Gasteiger charge is -2.07. The van der Waals surface area contributed by atoms with Gasteiger partial charge >= 0.3 is 0 Å². The van der Waals surface area contributed by atoms with Crippen molar-refractivity contribution >= 4 is 60.5 Å². The van der Waals surface area contributed by atoms with E-state index in [-0.39, 0.29) is 23.5 Å². The predicted octanol–water partition coefficient (Wildman–Crippen LogP) is 5.04. The van der Waals surface area contributed by atoms with Crippen molar-refractivity contribution in [2.24, 2.45) is 4.99 Å². The Bertz CT molecular complexity index is 1280. The second-order valence-electron chi connectivity index (χ2n) is 7.18. The Labute approximate surface area is 201 Å². The van der Waals surface area contributed by atoms with Crippen LogP contribution in [0.25, 0.3) is 10.2 Å². The molecule has 0 aliphatic heterocycles. The van der Waals surface area contributed by atoms with Crippen LogP contribution in [0.2, 0.25) is 10.0 Å². The van der Waals surface area contributed by atoms with E-state index < -0.39 is 15.7 Å². The third-order valence-electron chi connectivity index (χ3n) is 4.80. The molecule has 172 valence electrons. The summed E-state index contributed by atoms with van der Waals surface area (Å²) in [6.45, 7) is 5.26. The van der Waals surface area contributed by atoms with Gasteiger partial charge in [-0.15, -0.1) is 0 Å². The maximum Gasteiger partial charge on any atom is 0.248 e. The number of ether oxygens (including phenoxy) is 1. The summed E-state index contributed by atoms with van der Waals surface area (Å²) in [5, 5.41) is 1.04. The van der Waals surface area contributed by atoms with Gasteiger partial charge in [0.25, 0.3) is 0 Å². The van der Waals surface area contributed by atoms with E-state index in [9.17, 15) is 13.2 Å². The number of fused-ring (bicyclic) bond motifs is 1. The number of rotatable bonds is 9. The van der Waals surface area contributed by atoms with Crippen LogP contribution in [0.3, 0.4) is 0 Å². The minimum atomic E-state index is -3.45. The van der Waals surface area contributed by atoms with E-state index in [1.54, 1.807) is 36.4 Å². The first-order valence-corrected chi connectivity index (χ1v) is 13.4. The van der Waals surface area contributed by atoms with Gasteiger partial charge in [-0.25, -0.2) is 8.42 Å². The van der Waals surface area contributed by atoms with Gasteiger partial charge in [-0.05, 0) is 44.5 Å². The molecule has 0 saturated carbocycles. The number of sulfone groups is 1. The van der Waals surface area contributed by atoms with Crippen molar-refractivity contribution < 1.29 is 17.9 Å². The zero-order valence-corrected chi connectivity index (χ0v) is 21.0. The molecule has 1 heterocycles. The third-order valence-corrected chi connectivity index (χ3v) is 8.46. The van der Waals surface area contributed by atoms with Crippen LogP contribution in [0.4, 0.5) is 0 Å². The minimum Gasteiger partial charge on any atom is -0.380 e. The molecule has 0 atom stereocenters. The van der Waals surface area contributed by atoms with Crippen molar-refractivity contribution in [2.45, 2.75) is 38.1 Å². The number of aromatic nitrogens is 1. The van der Waals surface area contributed by atoms with Gasteiger partial charge in [0.05, 0.1) is 37.5 Å². The van der Waals surface area contributed by atoms with Gasteiger partial charge < -0.3 is 9.30 Å². The topological polar surface area (TPSA) is 77.7 Å². The second-order valence-corrected chi connectivity index (χ2v) is 11.1. The van der Waals surface area contributed by atoms with E-state index in [0.29, 0.717) is 40.1 Å². The van der Waals surface area contributed by atoms with E-state index in [2.05, 4.69) is 4.99 Å². The number of benzene rings is 2. The SMILES string of the molecule is CCOCCn1c(=NC(=O)CCCS(=O)(=O)c2ccc(C)cc2)sc2c(Cl)ccc(Cl)c21. The van der Waals surface area contributed by atoms with Crippen LogP contribution >= 0.6 is 34.5 Å². The monoisotopic (exact) mass is 514 g/mol. The number of thiazole rings is 1. The Kier molecular flexibility index (Phi) is 8.52. The van der Waals surface area contributed by atoms with Crippen LogP contribution in [-0.4, -0.2) is 37.9 Å². The number of hydrogen-bond donors (Lipinski definition) is 0. The average molecular weight is 515 g/mol. The van der Waals surface area contributed by atoms with Crippen molar-refractivity contribution in [1.29, 1.82) is 0 Å². The number of carbonyl (C=O) groups is 1. The lowest BCUT2D eigenvalue weighted by atomic mass is 10.2. The van der Waals surface area contributed by atoms with Crippen LogP contribution < -0.4 is 4.80 Å². The summed E-state index contributed by atoms with van der Waals surface area (Å²) in [4.78, 5) is 17.5. The molecule has 0 spiro atoms. The molecule has 3 aromatic rings. The number of aryl methyl sites for hydroxylation is 1. The van der Waals surface area contributed by atoms with Crippen LogP contribution in [0.15, 0.2) is 46.3 Å². The first-order valence-electron chi connectivity index (χ1n) is 10.1. The van der Waals surface area contributed by atoms with Crippen molar-refractivity contribution in [3.63, 3.8) is 0 Å². The smallest absolute Gasteiger partial charge is 0.248 e. The summed E-state index contributed by atoms with van der Waals surface area (Å²) in [6, 6.07) is 10.1. The summed E-state index contributed by atoms with van der Waals surface area (Å²) in [5.41, 5.74) is 1.69. The van der Waals surface area contributed by atoms with Gasteiger partial charge in [0.15, 0.2) is 14.6 Å². The predicted molar refractivity (Wildman–Crippen MR) is 129 cm³/mol. The highest BCUT2D eigenvalue weighted by molar-refractivity contribution is 7.91. The van der Waals surface area contributed by atoms with Crippen molar-refractivity contribution in [3.05, 3.63) is 56.8 Å². The molecule has 1 aromatic heterocycles. The Morgan fingerprint density at radius 2 is 1.81 bits per heavy atom. The molecule has 2 aromatic carbocycles. The molecular weight excluding hydrogens is 491 g/mol. The van der Waals surface area contributed by atoms with E-state index in [1.165, 1.54) is 11.3 Å². The molecule has 0 aliphatic carbocycles. The fourth-order valence-corrected chi connectivity index (χ4v) is 6.14. The first kappa shape index (κ1) is 24.9. The molecule has 0 N–H and O–H groups in total. The molecule has 0 fully saturated rings. The van der Waals surface area contributed by atoms with Gasteiger partial charge in [-0.3, -0.25) is 4.79 Å². The van der Waals surface area contributed by atoms with E-state index in [4.69, 9.17) is 27.9 Å². The number of carbonyl (C=O) groups excluding carboxylic acids is 1. The van der Waals surface area contributed by atoms with E-state index >= 15 is 0 Å². The molecule has 10 heteroatoms. The Morgan fingerprint density at radius 3 is 2.50 bits per heavy atom. The van der Waals surface area contributed by atoms with Crippen LogP contribution in [-0.2, 0) is 25.9 Å². The molecule has 0 radical (unpaired) electrons. The zero-order chi connectivity index (χ0) is 23.3. The van der Waals surface area contributed by atoms with Gasteiger partial charge in [-0.1, -0.05) is 52.2 Å². The molecule has 0 saturated heterocycles. The number of nitrogens with zero attached hydrogens (tertiary/aromatic N) is 2. The average Bonchev–Trinajstić information content (AvgIpc) is 3.10. The second kappa shape index (κ2) is 10.9. The Balaban J connectivity index is 1.79.